The summed E-state index contributed by atoms with van der Waals surface area (Å²) in [5.74, 6) is 1.59. The second kappa shape index (κ2) is 8.02. The number of nitrogens with one attached hydrogen (secondary N) is 1. The van der Waals surface area contributed by atoms with Crippen molar-refractivity contribution in [2.24, 2.45) is 5.92 Å². The van der Waals surface area contributed by atoms with Gasteiger partial charge >= 0.3 is 0 Å². The number of carbonyl (C=O) groups excluding carboxylic acids is 1. The third-order valence-corrected chi connectivity index (χ3v) is 5.40. The molecule has 0 radical (unpaired) electrons. The van der Waals surface area contributed by atoms with Crippen LogP contribution in [0.5, 0.6) is 5.75 Å². The summed E-state index contributed by atoms with van der Waals surface area (Å²) in [5.41, 5.74) is 2.45. The van der Waals surface area contributed by atoms with Crippen LogP contribution in [0.4, 0.5) is 0 Å². The van der Waals surface area contributed by atoms with Crippen LogP contribution in [0.1, 0.15) is 50.2 Å². The first kappa shape index (κ1) is 17.3. The fraction of sp³-hybridized carbons (Fsp3) is 0.650. The van der Waals surface area contributed by atoms with E-state index in [0.29, 0.717) is 12.5 Å². The van der Waals surface area contributed by atoms with E-state index in [1.165, 1.54) is 17.5 Å². The minimum atomic E-state index is 0.0365. The Bertz CT molecular complexity index is 567. The topological polar surface area (TPSA) is 41.6 Å². The van der Waals surface area contributed by atoms with E-state index >= 15 is 0 Å². The van der Waals surface area contributed by atoms with Gasteiger partial charge in [0.25, 0.3) is 0 Å². The molecule has 0 bridgehead atoms. The highest BCUT2D eigenvalue weighted by Gasteiger charge is 2.38. The van der Waals surface area contributed by atoms with Crippen LogP contribution in [0.2, 0.25) is 0 Å². The summed E-state index contributed by atoms with van der Waals surface area (Å²) < 4.78 is 5.99. The van der Waals surface area contributed by atoms with Crippen LogP contribution in [0.15, 0.2) is 18.2 Å². The Balaban J connectivity index is 1.86. The third-order valence-electron chi connectivity index (χ3n) is 5.40. The van der Waals surface area contributed by atoms with Gasteiger partial charge in [-0.05, 0) is 43.7 Å². The molecular weight excluding hydrogens is 300 g/mol. The number of ether oxygens (including phenoxy) is 1. The average Bonchev–Trinajstić information content (AvgIpc) is 3.11. The minimum Gasteiger partial charge on any atom is -0.493 e. The molecule has 0 spiro atoms. The third kappa shape index (κ3) is 3.44. The van der Waals surface area contributed by atoms with Crippen molar-refractivity contribution in [3.05, 3.63) is 29.3 Å². The fourth-order valence-corrected chi connectivity index (χ4v) is 4.11. The Labute approximate surface area is 145 Å². The highest BCUT2D eigenvalue weighted by molar-refractivity contribution is 5.81. The van der Waals surface area contributed by atoms with Crippen LogP contribution < -0.4 is 10.1 Å². The molecule has 2 atom stereocenters. The predicted molar refractivity (Wildman–Crippen MR) is 96.5 cm³/mol. The molecule has 2 heterocycles. The summed E-state index contributed by atoms with van der Waals surface area (Å²) >= 11 is 0. The number of rotatable bonds is 5. The first-order chi connectivity index (χ1) is 11.8. The van der Waals surface area contributed by atoms with Crippen molar-refractivity contribution < 1.29 is 9.53 Å². The second-order valence-corrected chi connectivity index (χ2v) is 6.88. The SMILES string of the molecule is CCOc1c(CC)cccc1[C@@H]1CNCC1C(=O)N1CCCCC1. The number of hydrogen-bond acceptors (Lipinski definition) is 3. The van der Waals surface area contributed by atoms with Crippen LogP contribution in [0, 0.1) is 5.92 Å². The lowest BCUT2D eigenvalue weighted by atomic mass is 9.85. The van der Waals surface area contributed by atoms with Gasteiger partial charge in [0, 0.05) is 32.1 Å². The molecule has 1 unspecified atom stereocenters. The number of hydrogen-bond donors (Lipinski definition) is 1. The van der Waals surface area contributed by atoms with Gasteiger partial charge in [-0.3, -0.25) is 4.79 Å². The zero-order valence-corrected chi connectivity index (χ0v) is 15.0. The Hall–Kier alpha value is -1.55. The summed E-state index contributed by atoms with van der Waals surface area (Å²) in [6.45, 7) is 8.34. The molecule has 24 heavy (non-hydrogen) atoms. The van der Waals surface area contributed by atoms with Crippen molar-refractivity contribution in [2.75, 3.05) is 32.8 Å². The highest BCUT2D eigenvalue weighted by atomic mass is 16.5. The van der Waals surface area contributed by atoms with Crippen molar-refractivity contribution in [3.8, 4) is 5.75 Å². The molecule has 1 N–H and O–H groups in total. The van der Waals surface area contributed by atoms with Crippen molar-refractivity contribution >= 4 is 5.91 Å². The normalized spacial score (nSPS) is 24.2. The van der Waals surface area contributed by atoms with Gasteiger partial charge < -0.3 is 15.0 Å². The monoisotopic (exact) mass is 330 g/mol. The molecule has 132 valence electrons. The van der Waals surface area contributed by atoms with Gasteiger partial charge in [0.05, 0.1) is 12.5 Å². The van der Waals surface area contributed by atoms with Gasteiger partial charge in [0.15, 0.2) is 0 Å². The average molecular weight is 330 g/mol. The summed E-state index contributed by atoms with van der Waals surface area (Å²) in [4.78, 5) is 15.1. The highest BCUT2D eigenvalue weighted by Crippen LogP contribution is 2.38. The summed E-state index contributed by atoms with van der Waals surface area (Å²) in [6.07, 6.45) is 4.50. The van der Waals surface area contributed by atoms with E-state index in [9.17, 15) is 4.79 Å². The van der Waals surface area contributed by atoms with Gasteiger partial charge in [-0.25, -0.2) is 0 Å². The van der Waals surface area contributed by atoms with E-state index < -0.39 is 0 Å². The van der Waals surface area contributed by atoms with Crippen LogP contribution in [0.25, 0.3) is 0 Å². The van der Waals surface area contributed by atoms with E-state index in [2.05, 4.69) is 35.3 Å². The maximum atomic E-state index is 13.1. The molecule has 1 amide bonds. The Morgan fingerprint density at radius 3 is 2.71 bits per heavy atom. The van der Waals surface area contributed by atoms with Gasteiger partial charge in [-0.2, -0.15) is 0 Å². The molecule has 3 rings (SSSR count). The van der Waals surface area contributed by atoms with Crippen molar-refractivity contribution in [1.29, 1.82) is 0 Å². The lowest BCUT2D eigenvalue weighted by molar-refractivity contribution is -0.136. The smallest absolute Gasteiger partial charge is 0.227 e. The second-order valence-electron chi connectivity index (χ2n) is 6.88. The van der Waals surface area contributed by atoms with Crippen LogP contribution in [0.3, 0.4) is 0 Å². The lowest BCUT2D eigenvalue weighted by Gasteiger charge is -2.31. The zero-order chi connectivity index (χ0) is 16.9. The van der Waals surface area contributed by atoms with Crippen LogP contribution >= 0.6 is 0 Å². The number of nitrogens with zero attached hydrogens (tertiary/aromatic N) is 1. The quantitative estimate of drug-likeness (QED) is 0.902. The number of piperidine rings is 1. The maximum absolute atomic E-state index is 13.1. The number of likely N-dealkylation sites (tertiary alicyclic amines) is 1. The number of aryl methyl sites for hydroxylation is 1. The molecule has 2 saturated heterocycles. The Kier molecular flexibility index (Phi) is 5.77. The molecule has 2 aliphatic rings. The number of para-hydroxylation sites is 1. The number of amides is 1. The molecule has 2 fully saturated rings. The van der Waals surface area contributed by atoms with Crippen LogP contribution in [-0.4, -0.2) is 43.6 Å². The predicted octanol–water partition coefficient (Wildman–Crippen LogP) is 2.96. The molecule has 0 aliphatic carbocycles. The summed E-state index contributed by atoms with van der Waals surface area (Å²) in [7, 11) is 0. The minimum absolute atomic E-state index is 0.0365. The van der Waals surface area contributed by atoms with E-state index in [1.54, 1.807) is 0 Å². The molecular formula is C20H30N2O2. The standard InChI is InChI=1S/C20H30N2O2/c1-3-15-9-8-10-16(19(15)24-4-2)17-13-21-14-18(17)20(23)22-11-6-5-7-12-22/h8-10,17-18,21H,3-7,11-14H2,1-2H3/t17-,18?/m0/s1. The summed E-state index contributed by atoms with van der Waals surface area (Å²) in [6, 6.07) is 6.40. The molecule has 4 nitrogen and oxygen atoms in total. The van der Waals surface area contributed by atoms with Gasteiger partial charge in [0.1, 0.15) is 5.75 Å². The lowest BCUT2D eigenvalue weighted by Crippen LogP contribution is -2.41. The van der Waals surface area contributed by atoms with Crippen molar-refractivity contribution in [1.82, 2.24) is 10.2 Å². The molecule has 0 aromatic heterocycles. The van der Waals surface area contributed by atoms with E-state index in [0.717, 1.165) is 51.2 Å². The molecule has 2 aliphatic heterocycles. The summed E-state index contributed by atoms with van der Waals surface area (Å²) in [5, 5.41) is 3.44. The van der Waals surface area contributed by atoms with E-state index in [1.807, 2.05) is 6.92 Å². The zero-order valence-electron chi connectivity index (χ0n) is 15.0. The molecule has 1 aromatic carbocycles. The number of benzene rings is 1. The van der Waals surface area contributed by atoms with E-state index in [4.69, 9.17) is 4.74 Å². The van der Waals surface area contributed by atoms with E-state index in [-0.39, 0.29) is 11.8 Å². The first-order valence-corrected chi connectivity index (χ1v) is 9.50. The van der Waals surface area contributed by atoms with Gasteiger partial charge in [-0.15, -0.1) is 0 Å². The molecule has 0 saturated carbocycles. The molecule has 4 heteroatoms. The number of carbonyl (C=O) groups is 1. The van der Waals surface area contributed by atoms with Crippen molar-refractivity contribution in [2.45, 2.75) is 45.4 Å². The fourth-order valence-electron chi connectivity index (χ4n) is 4.11. The first-order valence-electron chi connectivity index (χ1n) is 9.50. The maximum Gasteiger partial charge on any atom is 0.227 e. The van der Waals surface area contributed by atoms with Crippen LogP contribution in [-0.2, 0) is 11.2 Å². The Morgan fingerprint density at radius 1 is 1.21 bits per heavy atom. The molecule has 1 aromatic rings. The van der Waals surface area contributed by atoms with Gasteiger partial charge in [0.2, 0.25) is 5.91 Å². The van der Waals surface area contributed by atoms with Crippen molar-refractivity contribution in [3.63, 3.8) is 0 Å². The Morgan fingerprint density at radius 2 is 2.00 bits per heavy atom. The van der Waals surface area contributed by atoms with Gasteiger partial charge in [-0.1, -0.05) is 25.1 Å². The largest absolute Gasteiger partial charge is 0.493 e.